The molecule has 0 aromatic heterocycles. The third-order valence-electron chi connectivity index (χ3n) is 4.85. The van der Waals surface area contributed by atoms with Gasteiger partial charge in [-0.25, -0.2) is 4.90 Å². The number of hydrogen-bond donors (Lipinski definition) is 0. The highest BCUT2D eigenvalue weighted by Crippen LogP contribution is 2.36. The number of halogens is 1. The zero-order chi connectivity index (χ0) is 17.8. The summed E-state index contributed by atoms with van der Waals surface area (Å²) in [4.78, 5) is 27.6. The Hall–Kier alpha value is -2.98. The highest BCUT2D eigenvalue weighted by molar-refractivity contribution is 9.10. The molecule has 3 nitrogen and oxygen atoms in total. The number of imide groups is 1. The van der Waals surface area contributed by atoms with Crippen LogP contribution in [0.3, 0.4) is 0 Å². The van der Waals surface area contributed by atoms with E-state index in [-0.39, 0.29) is 11.8 Å². The van der Waals surface area contributed by atoms with Crippen molar-refractivity contribution in [1.29, 1.82) is 0 Å². The average molecular weight is 402 g/mol. The number of rotatable bonds is 1. The fourth-order valence-corrected chi connectivity index (χ4v) is 4.07. The van der Waals surface area contributed by atoms with Crippen molar-refractivity contribution in [3.63, 3.8) is 0 Å². The zero-order valence-corrected chi connectivity index (χ0v) is 15.2. The number of anilines is 1. The molecule has 0 saturated carbocycles. The predicted molar refractivity (Wildman–Crippen MR) is 107 cm³/mol. The summed E-state index contributed by atoms with van der Waals surface area (Å²) in [5, 5.41) is 3.65. The summed E-state index contributed by atoms with van der Waals surface area (Å²) in [5.74, 6) is -0.581. The number of fused-ring (bicyclic) bond motifs is 1. The Morgan fingerprint density at radius 3 is 2.23 bits per heavy atom. The maximum Gasteiger partial charge on any atom is 0.265 e. The molecule has 124 valence electrons. The lowest BCUT2D eigenvalue weighted by Gasteiger charge is -2.27. The first-order chi connectivity index (χ1) is 12.6. The Kier molecular flexibility index (Phi) is 3.24. The van der Waals surface area contributed by atoms with Crippen LogP contribution in [0.5, 0.6) is 0 Å². The van der Waals surface area contributed by atoms with Crippen LogP contribution in [0.15, 0.2) is 77.3 Å². The van der Waals surface area contributed by atoms with Crippen LogP contribution in [0.2, 0.25) is 0 Å². The number of carbonyl (C=O) groups is 2. The van der Waals surface area contributed by atoms with Crippen molar-refractivity contribution >= 4 is 55.0 Å². The van der Waals surface area contributed by atoms with Crippen LogP contribution in [0.4, 0.5) is 5.69 Å². The van der Waals surface area contributed by atoms with Gasteiger partial charge in [-0.05, 0) is 46.5 Å². The first-order valence-corrected chi connectivity index (χ1v) is 9.03. The summed E-state index contributed by atoms with van der Waals surface area (Å²) in [6.07, 6.45) is 0. The van der Waals surface area contributed by atoms with E-state index in [1.54, 1.807) is 12.1 Å². The van der Waals surface area contributed by atoms with E-state index in [9.17, 15) is 9.59 Å². The largest absolute Gasteiger partial charge is 0.268 e. The highest BCUT2D eigenvalue weighted by atomic mass is 79.9. The molecule has 0 N–H and O–H groups in total. The van der Waals surface area contributed by atoms with Crippen LogP contribution in [-0.2, 0) is 0 Å². The Labute approximate surface area is 158 Å². The molecule has 1 heterocycles. The normalized spacial score (nSPS) is 13.7. The van der Waals surface area contributed by atoms with Gasteiger partial charge >= 0.3 is 0 Å². The molecule has 4 heteroatoms. The third-order valence-corrected chi connectivity index (χ3v) is 5.54. The third kappa shape index (κ3) is 2.06. The lowest BCUT2D eigenvalue weighted by Crippen LogP contribution is -2.40. The average Bonchev–Trinajstić information content (AvgIpc) is 2.67. The van der Waals surface area contributed by atoms with Gasteiger partial charge in [0.2, 0.25) is 0 Å². The first kappa shape index (κ1) is 15.3. The van der Waals surface area contributed by atoms with E-state index < -0.39 is 0 Å². The topological polar surface area (TPSA) is 37.4 Å². The van der Waals surface area contributed by atoms with Gasteiger partial charge in [-0.15, -0.1) is 0 Å². The minimum atomic E-state index is -0.290. The molecule has 1 aliphatic rings. The maximum absolute atomic E-state index is 13.2. The summed E-state index contributed by atoms with van der Waals surface area (Å²) in [7, 11) is 0. The van der Waals surface area contributed by atoms with Gasteiger partial charge in [-0.2, -0.15) is 0 Å². The van der Waals surface area contributed by atoms with Gasteiger partial charge in [0, 0.05) is 21.0 Å². The molecular formula is C22H12BrNO2. The molecule has 4 aromatic rings. The molecule has 0 radical (unpaired) electrons. The first-order valence-electron chi connectivity index (χ1n) is 8.24. The van der Waals surface area contributed by atoms with Crippen molar-refractivity contribution in [3.05, 3.63) is 88.4 Å². The number of carbonyl (C=O) groups excluding carboxylic acids is 2. The molecule has 0 aliphatic carbocycles. The second kappa shape index (κ2) is 5.51. The number of hydrogen-bond acceptors (Lipinski definition) is 2. The van der Waals surface area contributed by atoms with Crippen molar-refractivity contribution in [2.75, 3.05) is 4.90 Å². The zero-order valence-electron chi connectivity index (χ0n) is 13.6. The van der Waals surface area contributed by atoms with Crippen LogP contribution in [0.1, 0.15) is 20.7 Å². The molecule has 0 atom stereocenters. The minimum absolute atomic E-state index is 0.290. The summed E-state index contributed by atoms with van der Waals surface area (Å²) >= 11 is 3.51. The van der Waals surface area contributed by atoms with E-state index >= 15 is 0 Å². The van der Waals surface area contributed by atoms with Crippen LogP contribution in [0, 0.1) is 0 Å². The Morgan fingerprint density at radius 1 is 0.692 bits per heavy atom. The molecule has 0 spiro atoms. The Bertz CT molecular complexity index is 1220. The van der Waals surface area contributed by atoms with Crippen LogP contribution >= 0.6 is 15.9 Å². The van der Waals surface area contributed by atoms with Gasteiger partial charge in [-0.3, -0.25) is 9.59 Å². The van der Waals surface area contributed by atoms with Gasteiger partial charge in [0.15, 0.2) is 0 Å². The molecule has 0 bridgehead atoms. The maximum atomic E-state index is 13.2. The molecule has 1 aliphatic heterocycles. The number of benzene rings is 4. The van der Waals surface area contributed by atoms with Crippen LogP contribution in [0.25, 0.3) is 21.5 Å². The Morgan fingerprint density at radius 2 is 1.42 bits per heavy atom. The fraction of sp³-hybridized carbons (Fsp3) is 0. The monoisotopic (exact) mass is 401 g/mol. The molecule has 0 unspecified atom stereocenters. The van der Waals surface area contributed by atoms with Crippen molar-refractivity contribution in [3.8, 4) is 0 Å². The molecule has 2 amide bonds. The molecule has 4 aromatic carbocycles. The quantitative estimate of drug-likeness (QED) is 0.391. The van der Waals surface area contributed by atoms with Gasteiger partial charge in [0.1, 0.15) is 0 Å². The van der Waals surface area contributed by atoms with Gasteiger partial charge < -0.3 is 0 Å². The fourth-order valence-electron chi connectivity index (χ4n) is 3.61. The predicted octanol–water partition coefficient (Wildman–Crippen LogP) is 5.56. The lowest BCUT2D eigenvalue weighted by molar-refractivity contribution is 0.0893. The standard InChI is InChI=1S/C22H12BrNO2/c23-19-11-10-18-20-16(19)6-3-7-17(20)21(25)24(22(18)26)15-9-8-13-4-1-2-5-14(13)12-15/h1-12H. The highest BCUT2D eigenvalue weighted by Gasteiger charge is 2.34. The van der Waals surface area contributed by atoms with Gasteiger partial charge in [-0.1, -0.05) is 58.4 Å². The SMILES string of the molecule is O=C1c2cccc3c(Br)ccc(c23)C(=O)N1c1ccc2ccccc2c1. The summed E-state index contributed by atoms with van der Waals surface area (Å²) < 4.78 is 0.873. The summed E-state index contributed by atoms with van der Waals surface area (Å²) in [6, 6.07) is 22.7. The summed E-state index contributed by atoms with van der Waals surface area (Å²) in [6.45, 7) is 0. The van der Waals surface area contributed by atoms with Crippen molar-refractivity contribution in [2.24, 2.45) is 0 Å². The van der Waals surface area contributed by atoms with E-state index in [0.29, 0.717) is 22.2 Å². The van der Waals surface area contributed by atoms with Crippen LogP contribution in [-0.4, -0.2) is 11.8 Å². The van der Waals surface area contributed by atoms with Crippen molar-refractivity contribution < 1.29 is 9.59 Å². The van der Waals surface area contributed by atoms with Crippen LogP contribution < -0.4 is 4.90 Å². The van der Waals surface area contributed by atoms with E-state index in [4.69, 9.17) is 0 Å². The number of amides is 2. The lowest BCUT2D eigenvalue weighted by atomic mass is 9.93. The molecule has 5 rings (SSSR count). The van der Waals surface area contributed by atoms with Gasteiger partial charge in [0.05, 0.1) is 5.69 Å². The Balaban J connectivity index is 1.75. The molecule has 26 heavy (non-hydrogen) atoms. The van der Waals surface area contributed by atoms with E-state index in [0.717, 1.165) is 20.6 Å². The van der Waals surface area contributed by atoms with Gasteiger partial charge in [0.25, 0.3) is 11.8 Å². The summed E-state index contributed by atoms with van der Waals surface area (Å²) in [5.41, 5.74) is 1.68. The van der Waals surface area contributed by atoms with E-state index in [2.05, 4.69) is 15.9 Å². The molecule has 0 saturated heterocycles. The van der Waals surface area contributed by atoms with Crippen molar-refractivity contribution in [2.45, 2.75) is 0 Å². The molecule has 0 fully saturated rings. The smallest absolute Gasteiger partial charge is 0.265 e. The molecular weight excluding hydrogens is 390 g/mol. The second-order valence-corrected chi connectivity index (χ2v) is 7.15. The van der Waals surface area contributed by atoms with E-state index in [1.807, 2.05) is 60.7 Å². The second-order valence-electron chi connectivity index (χ2n) is 6.30. The minimum Gasteiger partial charge on any atom is -0.268 e. The number of nitrogens with zero attached hydrogens (tertiary/aromatic N) is 1. The van der Waals surface area contributed by atoms with Crippen molar-refractivity contribution in [1.82, 2.24) is 0 Å². The van der Waals surface area contributed by atoms with E-state index in [1.165, 1.54) is 4.90 Å².